The van der Waals surface area contributed by atoms with E-state index >= 15 is 0 Å². The summed E-state index contributed by atoms with van der Waals surface area (Å²) >= 11 is 0. The van der Waals surface area contributed by atoms with Gasteiger partial charge in [0.25, 0.3) is 0 Å². The monoisotopic (exact) mass is 620 g/mol. The van der Waals surface area contributed by atoms with Crippen molar-refractivity contribution < 1.29 is 14.3 Å². The van der Waals surface area contributed by atoms with E-state index in [9.17, 15) is 9.59 Å². The first-order chi connectivity index (χ1) is 22.8. The van der Waals surface area contributed by atoms with E-state index in [-0.39, 0.29) is 24.2 Å². The van der Waals surface area contributed by atoms with Crippen molar-refractivity contribution in [1.82, 2.24) is 9.88 Å². The number of ether oxygens (including phenoxy) is 1. The molecule has 5 heteroatoms. The molecule has 2 heterocycles. The van der Waals surface area contributed by atoms with Gasteiger partial charge in [-0.25, -0.2) is 0 Å². The predicted octanol–water partition coefficient (Wildman–Crippen LogP) is 8.71. The first-order valence-electron chi connectivity index (χ1n) is 16.5. The summed E-state index contributed by atoms with van der Waals surface area (Å²) in [6, 6.07) is 42.1. The number of carbonyl (C=O) groups excluding carboxylic acids is 2. The molecular weight excluding hydrogens is 580 g/mol. The van der Waals surface area contributed by atoms with Crippen molar-refractivity contribution in [3.63, 3.8) is 0 Å². The van der Waals surface area contributed by atoms with Gasteiger partial charge in [0, 0.05) is 35.9 Å². The number of aromatic nitrogens is 1. The summed E-state index contributed by atoms with van der Waals surface area (Å²) in [6.45, 7) is 6.46. The topological polar surface area (TPSA) is 59.5 Å². The van der Waals surface area contributed by atoms with Gasteiger partial charge < -0.3 is 4.74 Å². The lowest BCUT2D eigenvalue weighted by Crippen LogP contribution is -2.52. The standard InChI is InChI=1S/C42H40N2O3/c1-29-25-37(26-38(43-29)33-23-24-33)47-28-31-19-21-32(22-20-31)30(2)41(3)27-39(45)44(40(41)46)42(34-13-7-4-8-14-34,35-15-9-5-10-16-35)36-17-11-6-12-18-36/h4-22,25-26,30,33H,23-24,27-28H2,1-3H3/t30?,41-/m0/s1. The number of hydrogen-bond acceptors (Lipinski definition) is 4. The minimum Gasteiger partial charge on any atom is -0.489 e. The number of benzene rings is 4. The van der Waals surface area contributed by atoms with Gasteiger partial charge in [-0.05, 0) is 60.4 Å². The second-order valence-electron chi connectivity index (χ2n) is 13.3. The van der Waals surface area contributed by atoms with Gasteiger partial charge in [0.1, 0.15) is 17.9 Å². The second-order valence-corrected chi connectivity index (χ2v) is 13.3. The molecule has 47 heavy (non-hydrogen) atoms. The fraction of sp³-hybridized carbons (Fsp3) is 0.262. The largest absolute Gasteiger partial charge is 0.489 e. The van der Waals surface area contributed by atoms with Crippen molar-refractivity contribution in [2.75, 3.05) is 0 Å². The highest BCUT2D eigenvalue weighted by atomic mass is 16.5. The van der Waals surface area contributed by atoms with Crippen LogP contribution in [0.1, 0.15) is 84.2 Å². The SMILES string of the molecule is Cc1cc(OCc2ccc(C(C)[C@]3(C)CC(=O)N(C(c4ccccc4)(c4ccccc4)c4ccccc4)C3=O)cc2)cc(C2CC2)n1. The Bertz CT molecular complexity index is 1790. The van der Waals surface area contributed by atoms with Gasteiger partial charge >= 0.3 is 0 Å². The Morgan fingerprint density at radius 1 is 0.809 bits per heavy atom. The van der Waals surface area contributed by atoms with Crippen LogP contribution < -0.4 is 4.74 Å². The number of amides is 2. The van der Waals surface area contributed by atoms with Crippen molar-refractivity contribution in [1.29, 1.82) is 0 Å². The third-order valence-corrected chi connectivity index (χ3v) is 10.2. The molecule has 2 aliphatic rings. The van der Waals surface area contributed by atoms with Gasteiger partial charge in [-0.3, -0.25) is 19.5 Å². The minimum atomic E-state index is -1.12. The minimum absolute atomic E-state index is 0.122. The van der Waals surface area contributed by atoms with Crippen LogP contribution in [0.25, 0.3) is 0 Å². The fourth-order valence-electron chi connectivity index (χ4n) is 7.21. The van der Waals surface area contributed by atoms with Gasteiger partial charge in [-0.1, -0.05) is 122 Å². The van der Waals surface area contributed by atoms with Crippen LogP contribution in [0.4, 0.5) is 0 Å². The van der Waals surface area contributed by atoms with E-state index in [1.165, 1.54) is 12.8 Å². The molecule has 1 saturated carbocycles. The maximum Gasteiger partial charge on any atom is 0.237 e. The molecule has 0 spiro atoms. The third-order valence-electron chi connectivity index (χ3n) is 10.2. The lowest BCUT2D eigenvalue weighted by molar-refractivity contribution is -0.146. The number of pyridine rings is 1. The van der Waals surface area contributed by atoms with Crippen molar-refractivity contribution in [2.45, 2.75) is 64.0 Å². The molecule has 1 unspecified atom stereocenters. The van der Waals surface area contributed by atoms with Gasteiger partial charge in [0.05, 0.1) is 5.41 Å². The van der Waals surface area contributed by atoms with Crippen LogP contribution in [0.5, 0.6) is 5.75 Å². The highest BCUT2D eigenvalue weighted by Gasteiger charge is 2.59. The summed E-state index contributed by atoms with van der Waals surface area (Å²) < 4.78 is 6.17. The molecule has 2 amide bonds. The number of carbonyl (C=O) groups is 2. The van der Waals surface area contributed by atoms with Crippen LogP contribution >= 0.6 is 0 Å². The Hall–Kier alpha value is -5.03. The summed E-state index contributed by atoms with van der Waals surface area (Å²) in [7, 11) is 0. The van der Waals surface area contributed by atoms with Crippen molar-refractivity contribution in [2.24, 2.45) is 5.41 Å². The summed E-state index contributed by atoms with van der Waals surface area (Å²) in [5.74, 6) is 0.863. The number of likely N-dealkylation sites (tertiary alicyclic amines) is 1. The first kappa shape index (κ1) is 30.6. The summed E-state index contributed by atoms with van der Waals surface area (Å²) in [6.07, 6.45) is 2.52. The van der Waals surface area contributed by atoms with Crippen LogP contribution in [-0.4, -0.2) is 21.7 Å². The molecule has 2 fully saturated rings. The molecule has 0 bridgehead atoms. The molecule has 1 aliphatic carbocycles. The van der Waals surface area contributed by atoms with Crippen LogP contribution in [-0.2, 0) is 21.7 Å². The Morgan fingerprint density at radius 3 is 1.85 bits per heavy atom. The lowest BCUT2D eigenvalue weighted by atomic mass is 9.72. The predicted molar refractivity (Wildman–Crippen MR) is 184 cm³/mol. The zero-order valence-corrected chi connectivity index (χ0v) is 27.2. The molecular formula is C42H40N2O3. The van der Waals surface area contributed by atoms with E-state index in [2.05, 4.69) is 42.2 Å². The summed E-state index contributed by atoms with van der Waals surface area (Å²) in [4.78, 5) is 35.5. The van der Waals surface area contributed by atoms with Crippen molar-refractivity contribution in [3.05, 3.63) is 167 Å². The number of aryl methyl sites for hydroxylation is 1. The first-order valence-corrected chi connectivity index (χ1v) is 16.5. The molecule has 4 aromatic carbocycles. The van der Waals surface area contributed by atoms with E-state index in [1.54, 1.807) is 4.90 Å². The summed E-state index contributed by atoms with van der Waals surface area (Å²) in [5, 5.41) is 0. The lowest BCUT2D eigenvalue weighted by Gasteiger charge is -2.43. The van der Waals surface area contributed by atoms with E-state index in [4.69, 9.17) is 4.74 Å². The quantitative estimate of drug-likeness (QED) is 0.116. The number of rotatable bonds is 10. The number of imide groups is 1. The van der Waals surface area contributed by atoms with Crippen LogP contribution in [0, 0.1) is 12.3 Å². The second kappa shape index (κ2) is 12.3. The highest BCUT2D eigenvalue weighted by Crippen LogP contribution is 2.52. The molecule has 0 radical (unpaired) electrons. The van der Waals surface area contributed by atoms with Gasteiger partial charge in [0.15, 0.2) is 0 Å². The maximum absolute atomic E-state index is 14.9. The molecule has 5 aromatic rings. The summed E-state index contributed by atoms with van der Waals surface area (Å²) in [5.41, 5.74) is 4.70. The van der Waals surface area contributed by atoms with Gasteiger partial charge in [-0.2, -0.15) is 0 Å². The molecule has 1 aromatic heterocycles. The van der Waals surface area contributed by atoms with E-state index in [1.807, 2.05) is 111 Å². The number of nitrogens with zero attached hydrogens (tertiary/aromatic N) is 2. The van der Waals surface area contributed by atoms with Crippen LogP contribution in [0.15, 0.2) is 127 Å². The van der Waals surface area contributed by atoms with E-state index < -0.39 is 11.0 Å². The number of hydrogen-bond donors (Lipinski definition) is 0. The molecule has 1 aliphatic heterocycles. The molecule has 7 rings (SSSR count). The molecule has 5 nitrogen and oxygen atoms in total. The Labute approximate surface area is 277 Å². The molecule has 2 atom stereocenters. The average Bonchev–Trinajstić information content (AvgIpc) is 3.93. The average molecular weight is 621 g/mol. The Balaban J connectivity index is 1.20. The van der Waals surface area contributed by atoms with Crippen LogP contribution in [0.3, 0.4) is 0 Å². The van der Waals surface area contributed by atoms with E-state index in [0.29, 0.717) is 12.5 Å². The zero-order valence-electron chi connectivity index (χ0n) is 27.2. The highest BCUT2D eigenvalue weighted by molar-refractivity contribution is 6.08. The van der Waals surface area contributed by atoms with Gasteiger partial charge in [-0.15, -0.1) is 0 Å². The smallest absolute Gasteiger partial charge is 0.237 e. The van der Waals surface area contributed by atoms with Crippen molar-refractivity contribution >= 4 is 11.8 Å². The van der Waals surface area contributed by atoms with Crippen LogP contribution in [0.2, 0.25) is 0 Å². The normalized spacial score (nSPS) is 18.7. The molecule has 1 saturated heterocycles. The molecule has 0 N–H and O–H groups in total. The third kappa shape index (κ3) is 5.54. The Morgan fingerprint density at radius 2 is 1.34 bits per heavy atom. The van der Waals surface area contributed by atoms with Gasteiger partial charge in [0.2, 0.25) is 11.8 Å². The van der Waals surface area contributed by atoms with Crippen molar-refractivity contribution in [3.8, 4) is 5.75 Å². The molecule has 236 valence electrons. The fourth-order valence-corrected chi connectivity index (χ4v) is 7.21. The van der Waals surface area contributed by atoms with E-state index in [0.717, 1.165) is 45.0 Å². The Kier molecular flexibility index (Phi) is 8.01. The maximum atomic E-state index is 14.9. The zero-order chi connectivity index (χ0) is 32.6.